The van der Waals surface area contributed by atoms with E-state index in [9.17, 15) is 14.4 Å². The molecule has 1 spiro atoms. The molecule has 4 amide bonds. The van der Waals surface area contributed by atoms with Crippen LogP contribution in [-0.4, -0.2) is 60.6 Å². The van der Waals surface area contributed by atoms with E-state index in [1.807, 2.05) is 24.3 Å². The number of nitrogens with one attached hydrogen (secondary N) is 2. The number of carbonyl (C=O) groups excluding carboxylic acids is 3. The first kappa shape index (κ1) is 20.7. The zero-order valence-corrected chi connectivity index (χ0v) is 17.6. The number of anilines is 2. The number of nitrogens with zero attached hydrogens (tertiary/aromatic N) is 2. The van der Waals surface area contributed by atoms with Crippen LogP contribution in [0.4, 0.5) is 16.2 Å². The molecule has 2 saturated heterocycles. The summed E-state index contributed by atoms with van der Waals surface area (Å²) in [5.74, 6) is -0.0981. The molecule has 3 aliphatic rings. The number of hydrogen-bond acceptors (Lipinski definition) is 5. The molecule has 1 aromatic carbocycles. The number of ether oxygens (including phenoxy) is 1. The SMILES string of the molecule is CC1CCC2(CC1)NC(=O)N(C(C)C(=O)Nc1ccc(N3CCOCC3)cc1)C2=O. The minimum atomic E-state index is -0.879. The van der Waals surface area contributed by atoms with Crippen molar-refractivity contribution in [3.63, 3.8) is 0 Å². The Morgan fingerprint density at radius 1 is 1.17 bits per heavy atom. The van der Waals surface area contributed by atoms with E-state index in [2.05, 4.69) is 22.5 Å². The fraction of sp³-hybridized carbons (Fsp3) is 0.591. The molecule has 1 unspecified atom stereocenters. The van der Waals surface area contributed by atoms with Crippen LogP contribution in [0.25, 0.3) is 0 Å². The van der Waals surface area contributed by atoms with Gasteiger partial charge in [-0.3, -0.25) is 9.59 Å². The average Bonchev–Trinajstić information content (AvgIpc) is 3.00. The van der Waals surface area contributed by atoms with Crippen molar-refractivity contribution >= 4 is 29.2 Å². The van der Waals surface area contributed by atoms with Gasteiger partial charge in [-0.1, -0.05) is 6.92 Å². The Kier molecular flexibility index (Phi) is 5.69. The lowest BCUT2D eigenvalue weighted by Crippen LogP contribution is -2.51. The Morgan fingerprint density at radius 3 is 2.43 bits per heavy atom. The van der Waals surface area contributed by atoms with Gasteiger partial charge in [-0.15, -0.1) is 0 Å². The molecule has 1 saturated carbocycles. The molecule has 2 heterocycles. The number of rotatable bonds is 4. The zero-order chi connectivity index (χ0) is 21.3. The van der Waals surface area contributed by atoms with E-state index in [1.54, 1.807) is 6.92 Å². The van der Waals surface area contributed by atoms with Crippen LogP contribution >= 0.6 is 0 Å². The number of benzene rings is 1. The van der Waals surface area contributed by atoms with Gasteiger partial charge < -0.3 is 20.3 Å². The number of amides is 4. The minimum Gasteiger partial charge on any atom is -0.378 e. The molecule has 2 N–H and O–H groups in total. The summed E-state index contributed by atoms with van der Waals surface area (Å²) in [5, 5.41) is 5.71. The van der Waals surface area contributed by atoms with Crippen molar-refractivity contribution < 1.29 is 19.1 Å². The van der Waals surface area contributed by atoms with Crippen LogP contribution in [-0.2, 0) is 14.3 Å². The first-order valence-electron chi connectivity index (χ1n) is 10.8. The number of imide groups is 1. The summed E-state index contributed by atoms with van der Waals surface area (Å²) in [7, 11) is 0. The molecule has 3 fully saturated rings. The maximum Gasteiger partial charge on any atom is 0.325 e. The molecule has 1 aliphatic carbocycles. The number of morpholine rings is 1. The molecule has 0 bridgehead atoms. The van der Waals surface area contributed by atoms with Gasteiger partial charge in [0.05, 0.1) is 13.2 Å². The second kappa shape index (κ2) is 8.26. The molecular formula is C22H30N4O4. The summed E-state index contributed by atoms with van der Waals surface area (Å²) in [6.07, 6.45) is 3.06. The average molecular weight is 415 g/mol. The van der Waals surface area contributed by atoms with Crippen LogP contribution in [0.3, 0.4) is 0 Å². The standard InChI is InChI=1S/C22H30N4O4/c1-15-7-9-22(10-8-15)20(28)26(21(29)24-22)16(2)19(27)23-17-3-5-18(6-4-17)25-11-13-30-14-12-25/h3-6,15-16H,7-14H2,1-2H3,(H,23,27)(H,24,29). The van der Waals surface area contributed by atoms with E-state index in [0.29, 0.717) is 37.7 Å². The summed E-state index contributed by atoms with van der Waals surface area (Å²) < 4.78 is 5.37. The van der Waals surface area contributed by atoms with Crippen LogP contribution in [0, 0.1) is 5.92 Å². The van der Waals surface area contributed by atoms with Crippen molar-refractivity contribution in [1.82, 2.24) is 10.2 Å². The lowest BCUT2D eigenvalue weighted by Gasteiger charge is -2.34. The molecule has 1 aromatic rings. The summed E-state index contributed by atoms with van der Waals surface area (Å²) in [6, 6.07) is 6.24. The van der Waals surface area contributed by atoms with E-state index in [-0.39, 0.29) is 11.8 Å². The Morgan fingerprint density at radius 2 is 1.80 bits per heavy atom. The summed E-state index contributed by atoms with van der Waals surface area (Å²) in [4.78, 5) is 41.7. The molecule has 0 radical (unpaired) electrons. The zero-order valence-electron chi connectivity index (χ0n) is 17.6. The second-order valence-electron chi connectivity index (χ2n) is 8.68. The fourth-order valence-electron chi connectivity index (χ4n) is 4.53. The number of hydrogen-bond donors (Lipinski definition) is 2. The maximum absolute atomic E-state index is 13.1. The number of carbonyl (C=O) groups is 3. The fourth-order valence-corrected chi connectivity index (χ4v) is 4.53. The van der Waals surface area contributed by atoms with Crippen molar-refractivity contribution in [2.75, 3.05) is 36.5 Å². The van der Waals surface area contributed by atoms with E-state index in [0.717, 1.165) is 36.5 Å². The molecule has 8 nitrogen and oxygen atoms in total. The van der Waals surface area contributed by atoms with Crippen molar-refractivity contribution in [2.45, 2.75) is 51.1 Å². The highest BCUT2D eigenvalue weighted by Crippen LogP contribution is 2.37. The van der Waals surface area contributed by atoms with Crippen LogP contribution in [0.2, 0.25) is 0 Å². The third-order valence-corrected chi connectivity index (χ3v) is 6.60. The van der Waals surface area contributed by atoms with Crippen molar-refractivity contribution in [2.24, 2.45) is 5.92 Å². The summed E-state index contributed by atoms with van der Waals surface area (Å²) >= 11 is 0. The Hall–Kier alpha value is -2.61. The molecule has 8 heteroatoms. The van der Waals surface area contributed by atoms with Gasteiger partial charge in [0.2, 0.25) is 5.91 Å². The van der Waals surface area contributed by atoms with Crippen molar-refractivity contribution in [3.8, 4) is 0 Å². The van der Waals surface area contributed by atoms with Gasteiger partial charge >= 0.3 is 6.03 Å². The van der Waals surface area contributed by atoms with E-state index >= 15 is 0 Å². The van der Waals surface area contributed by atoms with Gasteiger partial charge in [0, 0.05) is 24.5 Å². The van der Waals surface area contributed by atoms with Gasteiger partial charge in [0.15, 0.2) is 0 Å². The minimum absolute atomic E-state index is 0.273. The molecule has 2 aliphatic heterocycles. The van der Waals surface area contributed by atoms with Crippen LogP contribution in [0.15, 0.2) is 24.3 Å². The van der Waals surface area contributed by atoms with Crippen molar-refractivity contribution in [3.05, 3.63) is 24.3 Å². The number of urea groups is 1. The monoisotopic (exact) mass is 414 g/mol. The first-order chi connectivity index (χ1) is 14.4. The molecule has 1 atom stereocenters. The molecular weight excluding hydrogens is 384 g/mol. The highest BCUT2D eigenvalue weighted by atomic mass is 16.5. The van der Waals surface area contributed by atoms with Crippen molar-refractivity contribution in [1.29, 1.82) is 0 Å². The van der Waals surface area contributed by atoms with Crippen LogP contribution in [0.5, 0.6) is 0 Å². The lowest BCUT2D eigenvalue weighted by molar-refractivity contribution is -0.137. The molecule has 162 valence electrons. The lowest BCUT2D eigenvalue weighted by atomic mass is 9.77. The quantitative estimate of drug-likeness (QED) is 0.738. The normalized spacial score (nSPS) is 27.9. The third-order valence-electron chi connectivity index (χ3n) is 6.60. The molecule has 4 rings (SSSR count). The summed E-state index contributed by atoms with van der Waals surface area (Å²) in [5.41, 5.74) is 0.877. The third kappa shape index (κ3) is 3.88. The predicted octanol–water partition coefficient (Wildman–Crippen LogP) is 2.35. The molecule has 30 heavy (non-hydrogen) atoms. The summed E-state index contributed by atoms with van der Waals surface area (Å²) in [6.45, 7) is 6.86. The topological polar surface area (TPSA) is 91.0 Å². The van der Waals surface area contributed by atoms with Gasteiger partial charge in [-0.2, -0.15) is 0 Å². The van der Waals surface area contributed by atoms with Crippen LogP contribution < -0.4 is 15.5 Å². The van der Waals surface area contributed by atoms with Gasteiger partial charge in [-0.05, 0) is 62.8 Å². The maximum atomic E-state index is 13.1. The first-order valence-corrected chi connectivity index (χ1v) is 10.8. The largest absolute Gasteiger partial charge is 0.378 e. The predicted molar refractivity (Wildman–Crippen MR) is 113 cm³/mol. The Bertz CT molecular complexity index is 811. The highest BCUT2D eigenvalue weighted by molar-refractivity contribution is 6.11. The Balaban J connectivity index is 1.39. The van der Waals surface area contributed by atoms with Crippen LogP contribution in [0.1, 0.15) is 39.5 Å². The second-order valence-corrected chi connectivity index (χ2v) is 8.68. The van der Waals surface area contributed by atoms with E-state index in [4.69, 9.17) is 4.74 Å². The van der Waals surface area contributed by atoms with Gasteiger partial charge in [0.25, 0.3) is 5.91 Å². The van der Waals surface area contributed by atoms with Gasteiger partial charge in [0.1, 0.15) is 11.6 Å². The van der Waals surface area contributed by atoms with E-state index in [1.165, 1.54) is 0 Å². The highest BCUT2D eigenvalue weighted by Gasteiger charge is 2.54. The van der Waals surface area contributed by atoms with E-state index < -0.39 is 17.6 Å². The van der Waals surface area contributed by atoms with Gasteiger partial charge in [-0.25, -0.2) is 9.69 Å². The molecule has 0 aromatic heterocycles. The Labute approximate surface area is 176 Å². The smallest absolute Gasteiger partial charge is 0.325 e.